The van der Waals surface area contributed by atoms with Crippen LogP contribution in [0.4, 0.5) is 0 Å². The maximum atomic E-state index is 5.49. The van der Waals surface area contributed by atoms with E-state index < -0.39 is 0 Å². The fourth-order valence-corrected chi connectivity index (χ4v) is 2.51. The van der Waals surface area contributed by atoms with Crippen LogP contribution in [0.5, 0.6) is 0 Å². The number of rotatable bonds is 12. The van der Waals surface area contributed by atoms with Gasteiger partial charge >= 0.3 is 0 Å². The third kappa shape index (κ3) is 8.74. The maximum absolute atomic E-state index is 5.49. The van der Waals surface area contributed by atoms with Crippen LogP contribution >= 0.6 is 0 Å². The molecule has 17 heavy (non-hydrogen) atoms. The zero-order chi connectivity index (χ0) is 12.3. The highest BCUT2D eigenvalue weighted by molar-refractivity contribution is 6.35. The van der Waals surface area contributed by atoms with Gasteiger partial charge in [0.05, 0.1) is 13.2 Å². The smallest absolute Gasteiger partial charge is 0.154 e. The molecule has 0 aromatic rings. The van der Waals surface area contributed by atoms with Crippen molar-refractivity contribution in [1.82, 2.24) is 0 Å². The molecule has 1 unspecified atom stereocenters. The molecule has 1 rings (SSSR count). The van der Waals surface area contributed by atoms with Crippen molar-refractivity contribution in [2.75, 3.05) is 33.0 Å². The summed E-state index contributed by atoms with van der Waals surface area (Å²) < 4.78 is 21.5. The maximum Gasteiger partial charge on any atom is 0.154 e. The Labute approximate surface area is 107 Å². The first-order valence-corrected chi connectivity index (χ1v) is 7.91. The minimum atomic E-state index is -0.0101. The average Bonchev–Trinajstić information content (AvgIpc) is 3.12. The molecule has 5 heteroatoms. The zero-order valence-corrected chi connectivity index (χ0v) is 11.9. The lowest BCUT2D eigenvalue weighted by Gasteiger charge is -2.16. The minimum absolute atomic E-state index is 0.0101. The van der Waals surface area contributed by atoms with Gasteiger partial charge in [0.1, 0.15) is 6.10 Å². The van der Waals surface area contributed by atoms with Gasteiger partial charge in [-0.2, -0.15) is 0 Å². The zero-order valence-electron chi connectivity index (χ0n) is 10.9. The van der Waals surface area contributed by atoms with Crippen LogP contribution < -0.4 is 0 Å². The van der Waals surface area contributed by atoms with Crippen molar-refractivity contribution < 1.29 is 18.9 Å². The van der Waals surface area contributed by atoms with Gasteiger partial charge in [0.2, 0.25) is 0 Å². The summed E-state index contributed by atoms with van der Waals surface area (Å²) in [5.74, 6) is 0. The lowest BCUT2D eigenvalue weighted by atomic mass is 10.5. The van der Waals surface area contributed by atoms with Crippen molar-refractivity contribution in [2.45, 2.75) is 44.8 Å². The summed E-state index contributed by atoms with van der Waals surface area (Å²) in [7, 11) is 0.892. The largest absolute Gasteiger partial charge is 0.379 e. The summed E-state index contributed by atoms with van der Waals surface area (Å²) in [6, 6.07) is 2.20. The van der Waals surface area contributed by atoms with E-state index in [1.807, 2.05) is 13.8 Å². The molecule has 1 saturated heterocycles. The molecule has 1 heterocycles. The van der Waals surface area contributed by atoms with Crippen molar-refractivity contribution in [3.05, 3.63) is 0 Å². The van der Waals surface area contributed by atoms with Crippen LogP contribution in [-0.2, 0) is 18.9 Å². The van der Waals surface area contributed by atoms with Crippen molar-refractivity contribution in [1.29, 1.82) is 0 Å². The summed E-state index contributed by atoms with van der Waals surface area (Å²) in [4.78, 5) is 0. The molecule has 0 bridgehead atoms. The molecule has 0 aromatic carbocycles. The first-order chi connectivity index (χ1) is 8.36. The quantitative estimate of drug-likeness (QED) is 0.232. The monoisotopic (exact) mass is 260 g/mol. The summed E-state index contributed by atoms with van der Waals surface area (Å²) in [5.41, 5.74) is 0. The van der Waals surface area contributed by atoms with Crippen molar-refractivity contribution in [3.63, 3.8) is 0 Å². The highest BCUT2D eigenvalue weighted by atomic mass is 28.2. The van der Waals surface area contributed by atoms with Crippen LogP contribution in [0, 0.1) is 0 Å². The molecule has 0 saturated carbocycles. The summed E-state index contributed by atoms with van der Waals surface area (Å²) in [6.45, 7) is 7.95. The lowest BCUT2D eigenvalue weighted by molar-refractivity contribution is -0.123. The number of hydrogen-bond donors (Lipinski definition) is 0. The first-order valence-electron chi connectivity index (χ1n) is 6.50. The van der Waals surface area contributed by atoms with Crippen molar-refractivity contribution in [3.8, 4) is 0 Å². The Morgan fingerprint density at radius 1 is 1.29 bits per heavy atom. The molecule has 0 N–H and O–H groups in total. The second-order valence-electron chi connectivity index (χ2n) is 3.93. The fraction of sp³-hybridized carbons (Fsp3) is 1.00. The third-order valence-corrected chi connectivity index (χ3v) is 3.69. The second-order valence-corrected chi connectivity index (χ2v) is 5.34. The molecule has 4 nitrogen and oxygen atoms in total. The van der Waals surface area contributed by atoms with Gasteiger partial charge in [0.25, 0.3) is 0 Å². The van der Waals surface area contributed by atoms with Gasteiger partial charge in [-0.1, -0.05) is 6.04 Å². The van der Waals surface area contributed by atoms with Crippen molar-refractivity contribution >= 4 is 9.52 Å². The highest BCUT2D eigenvalue weighted by Crippen LogP contribution is 2.09. The molecule has 0 spiro atoms. The van der Waals surface area contributed by atoms with E-state index >= 15 is 0 Å². The molecule has 1 fully saturated rings. The predicted octanol–water partition coefficient (Wildman–Crippen LogP) is 1.73. The second kappa shape index (κ2) is 10.0. The van der Waals surface area contributed by atoms with Gasteiger partial charge in [0.15, 0.2) is 6.29 Å². The summed E-state index contributed by atoms with van der Waals surface area (Å²) >= 11 is 0. The molecule has 1 aliphatic rings. The Morgan fingerprint density at radius 2 is 2.00 bits per heavy atom. The molecule has 0 aliphatic carbocycles. The Balaban J connectivity index is 1.82. The van der Waals surface area contributed by atoms with E-state index in [0.29, 0.717) is 6.10 Å². The molecule has 1 aliphatic heterocycles. The van der Waals surface area contributed by atoms with Crippen LogP contribution in [0.3, 0.4) is 0 Å². The normalized spacial score (nSPS) is 18.9. The molecule has 0 amide bonds. The lowest BCUT2D eigenvalue weighted by Crippen LogP contribution is -2.19. The van der Waals surface area contributed by atoms with Gasteiger partial charge < -0.3 is 18.9 Å². The van der Waals surface area contributed by atoms with E-state index in [1.54, 1.807) is 0 Å². The molecule has 2 radical (unpaired) electrons. The topological polar surface area (TPSA) is 40.2 Å². The number of ether oxygens (including phenoxy) is 4. The van der Waals surface area contributed by atoms with Gasteiger partial charge in [-0.3, -0.25) is 0 Å². The van der Waals surface area contributed by atoms with Gasteiger partial charge in [-0.15, -0.1) is 0 Å². The summed E-state index contributed by atoms with van der Waals surface area (Å²) in [5, 5.41) is 0. The van der Waals surface area contributed by atoms with Crippen LogP contribution in [0.1, 0.15) is 20.3 Å². The van der Waals surface area contributed by atoms with Crippen LogP contribution in [0.2, 0.25) is 12.1 Å². The molecule has 100 valence electrons. The van der Waals surface area contributed by atoms with Gasteiger partial charge in [-0.25, -0.2) is 0 Å². The Bertz CT molecular complexity index is 170. The van der Waals surface area contributed by atoms with Gasteiger partial charge in [-0.05, 0) is 26.3 Å². The Kier molecular flexibility index (Phi) is 8.91. The molecular formula is C12H24O4Si. The van der Waals surface area contributed by atoms with Crippen LogP contribution in [-0.4, -0.2) is 54.9 Å². The third-order valence-electron chi connectivity index (χ3n) is 2.36. The molecule has 1 atom stereocenters. The SMILES string of the molecule is CCOC(C[Si]CCCOCC1CO1)OCC. The van der Waals surface area contributed by atoms with E-state index in [1.165, 1.54) is 6.04 Å². The van der Waals surface area contributed by atoms with Crippen LogP contribution in [0.25, 0.3) is 0 Å². The van der Waals surface area contributed by atoms with Gasteiger partial charge in [0, 0.05) is 29.3 Å². The van der Waals surface area contributed by atoms with Crippen LogP contribution in [0.15, 0.2) is 0 Å². The van der Waals surface area contributed by atoms with E-state index in [4.69, 9.17) is 18.9 Å². The van der Waals surface area contributed by atoms with E-state index in [9.17, 15) is 0 Å². The summed E-state index contributed by atoms with van der Waals surface area (Å²) in [6.07, 6.45) is 1.50. The predicted molar refractivity (Wildman–Crippen MR) is 67.6 cm³/mol. The Hall–Kier alpha value is 0.0569. The number of epoxide rings is 1. The van der Waals surface area contributed by atoms with E-state index in [2.05, 4.69) is 0 Å². The molecule has 0 aromatic heterocycles. The number of hydrogen-bond acceptors (Lipinski definition) is 4. The van der Waals surface area contributed by atoms with E-state index in [-0.39, 0.29) is 6.29 Å². The standard InChI is InChI=1S/C12H24O4Si/c1-3-14-12(15-4-2)10-17-7-5-6-13-8-11-9-16-11/h11-12H,3-10H2,1-2H3. The molecular weight excluding hydrogens is 236 g/mol. The van der Waals surface area contributed by atoms with E-state index in [0.717, 1.165) is 55.0 Å². The first kappa shape index (κ1) is 15.1. The minimum Gasteiger partial charge on any atom is -0.379 e. The Morgan fingerprint density at radius 3 is 2.59 bits per heavy atom. The highest BCUT2D eigenvalue weighted by Gasteiger charge is 2.21. The fourth-order valence-electron chi connectivity index (χ4n) is 1.44. The average molecular weight is 260 g/mol. The van der Waals surface area contributed by atoms with Crippen molar-refractivity contribution in [2.24, 2.45) is 0 Å².